The molecular formula is C21H23N3O3. The molecule has 2 rings (SSSR count). The van der Waals surface area contributed by atoms with Crippen LogP contribution in [-0.2, 0) is 4.79 Å². The van der Waals surface area contributed by atoms with E-state index in [0.717, 1.165) is 16.9 Å². The first-order valence-electron chi connectivity index (χ1n) is 8.44. The minimum Gasteiger partial charge on any atom is -0.497 e. The van der Waals surface area contributed by atoms with Crippen LogP contribution in [0.5, 0.6) is 11.5 Å². The standard InChI is InChI=1S/C21H23N3O3/c1-14-5-10-20(27-4)19(11-14)24-21(25)17(12-22)13-23-15(2)16-6-8-18(26-3)9-7-16/h5-11,13,15,23H,1-4H3,(H,24,25)/b17-13-. The van der Waals surface area contributed by atoms with Gasteiger partial charge in [-0.2, -0.15) is 5.26 Å². The van der Waals surface area contributed by atoms with Gasteiger partial charge in [0.2, 0.25) is 0 Å². The summed E-state index contributed by atoms with van der Waals surface area (Å²) in [6.07, 6.45) is 1.42. The van der Waals surface area contributed by atoms with E-state index in [4.69, 9.17) is 9.47 Å². The zero-order valence-electron chi connectivity index (χ0n) is 15.9. The van der Waals surface area contributed by atoms with Crippen LogP contribution in [0.4, 0.5) is 5.69 Å². The Morgan fingerprint density at radius 3 is 2.44 bits per heavy atom. The lowest BCUT2D eigenvalue weighted by atomic mass is 10.1. The lowest BCUT2D eigenvalue weighted by molar-refractivity contribution is -0.112. The van der Waals surface area contributed by atoms with Crippen molar-refractivity contribution in [2.75, 3.05) is 19.5 Å². The Bertz CT molecular complexity index is 867. The Hall–Kier alpha value is -3.46. The molecule has 140 valence electrons. The molecule has 0 aliphatic rings. The average molecular weight is 365 g/mol. The number of anilines is 1. The van der Waals surface area contributed by atoms with E-state index in [2.05, 4.69) is 10.6 Å². The number of amides is 1. The van der Waals surface area contributed by atoms with Gasteiger partial charge in [0.25, 0.3) is 5.91 Å². The molecule has 1 amide bonds. The molecule has 0 saturated heterocycles. The van der Waals surface area contributed by atoms with Gasteiger partial charge in [-0.05, 0) is 49.2 Å². The van der Waals surface area contributed by atoms with Gasteiger partial charge in [0, 0.05) is 12.2 Å². The molecule has 6 nitrogen and oxygen atoms in total. The first-order valence-corrected chi connectivity index (χ1v) is 8.44. The first kappa shape index (κ1) is 19.9. The van der Waals surface area contributed by atoms with E-state index in [1.807, 2.05) is 50.2 Å². The molecule has 0 radical (unpaired) electrons. The van der Waals surface area contributed by atoms with E-state index < -0.39 is 5.91 Å². The van der Waals surface area contributed by atoms with E-state index in [0.29, 0.717) is 11.4 Å². The number of aryl methyl sites for hydroxylation is 1. The molecule has 6 heteroatoms. The smallest absolute Gasteiger partial charge is 0.267 e. The number of ether oxygens (including phenoxy) is 2. The summed E-state index contributed by atoms with van der Waals surface area (Å²) in [5, 5.41) is 15.1. The van der Waals surface area contributed by atoms with Crippen molar-refractivity contribution in [3.8, 4) is 17.6 Å². The van der Waals surface area contributed by atoms with Gasteiger partial charge in [-0.3, -0.25) is 4.79 Å². The third-order valence-corrected chi connectivity index (χ3v) is 4.06. The minimum absolute atomic E-state index is 0.0288. The fourth-order valence-corrected chi connectivity index (χ4v) is 2.45. The van der Waals surface area contributed by atoms with Crippen LogP contribution < -0.4 is 20.1 Å². The van der Waals surface area contributed by atoms with Gasteiger partial charge in [0.15, 0.2) is 0 Å². The van der Waals surface area contributed by atoms with Crippen LogP contribution in [0, 0.1) is 18.3 Å². The van der Waals surface area contributed by atoms with Crippen molar-refractivity contribution in [2.24, 2.45) is 0 Å². The molecule has 0 fully saturated rings. The molecular weight excluding hydrogens is 342 g/mol. The van der Waals surface area contributed by atoms with Crippen molar-refractivity contribution in [2.45, 2.75) is 19.9 Å². The molecule has 1 unspecified atom stereocenters. The number of nitriles is 1. The van der Waals surface area contributed by atoms with Gasteiger partial charge < -0.3 is 20.1 Å². The molecule has 2 aromatic rings. The maximum absolute atomic E-state index is 12.4. The van der Waals surface area contributed by atoms with Crippen molar-refractivity contribution < 1.29 is 14.3 Å². The van der Waals surface area contributed by atoms with Gasteiger partial charge in [-0.25, -0.2) is 0 Å². The monoisotopic (exact) mass is 365 g/mol. The van der Waals surface area contributed by atoms with Gasteiger partial charge >= 0.3 is 0 Å². The molecule has 2 aromatic carbocycles. The number of carbonyl (C=O) groups excluding carboxylic acids is 1. The van der Waals surface area contributed by atoms with E-state index in [1.165, 1.54) is 13.3 Å². The van der Waals surface area contributed by atoms with Crippen LogP contribution in [0.1, 0.15) is 24.1 Å². The summed E-state index contributed by atoms with van der Waals surface area (Å²) in [5.74, 6) is 0.798. The molecule has 2 N–H and O–H groups in total. The molecule has 0 saturated carbocycles. The van der Waals surface area contributed by atoms with Crippen molar-refractivity contribution in [1.82, 2.24) is 5.32 Å². The first-order chi connectivity index (χ1) is 13.0. The fourth-order valence-electron chi connectivity index (χ4n) is 2.45. The molecule has 0 aromatic heterocycles. The maximum Gasteiger partial charge on any atom is 0.267 e. The number of benzene rings is 2. The lowest BCUT2D eigenvalue weighted by Crippen LogP contribution is -2.19. The largest absolute Gasteiger partial charge is 0.497 e. The number of hydrogen-bond acceptors (Lipinski definition) is 5. The number of rotatable bonds is 7. The maximum atomic E-state index is 12.4. The Morgan fingerprint density at radius 2 is 1.85 bits per heavy atom. The second kappa shape index (κ2) is 9.30. The van der Waals surface area contributed by atoms with Crippen LogP contribution >= 0.6 is 0 Å². The SMILES string of the molecule is COc1ccc(C(C)N/C=C(/C#N)C(=O)Nc2cc(C)ccc2OC)cc1. The number of nitrogens with one attached hydrogen (secondary N) is 2. The molecule has 0 aliphatic heterocycles. The van der Waals surface area contributed by atoms with E-state index in [-0.39, 0.29) is 11.6 Å². The van der Waals surface area contributed by atoms with Crippen LogP contribution in [-0.4, -0.2) is 20.1 Å². The van der Waals surface area contributed by atoms with Crippen molar-refractivity contribution in [1.29, 1.82) is 5.26 Å². The highest BCUT2D eigenvalue weighted by Gasteiger charge is 2.13. The zero-order chi connectivity index (χ0) is 19.8. The van der Waals surface area contributed by atoms with Crippen molar-refractivity contribution >= 4 is 11.6 Å². The number of methoxy groups -OCH3 is 2. The van der Waals surface area contributed by atoms with Gasteiger partial charge in [0.05, 0.1) is 19.9 Å². The summed E-state index contributed by atoms with van der Waals surface area (Å²) in [6.45, 7) is 3.85. The Labute approximate surface area is 159 Å². The van der Waals surface area contributed by atoms with Crippen LogP contribution in [0.2, 0.25) is 0 Å². The summed E-state index contributed by atoms with van der Waals surface area (Å²) in [6, 6.07) is 14.9. The van der Waals surface area contributed by atoms with Crippen LogP contribution in [0.15, 0.2) is 54.2 Å². The molecule has 27 heavy (non-hydrogen) atoms. The normalized spacial score (nSPS) is 11.9. The van der Waals surface area contributed by atoms with E-state index in [9.17, 15) is 10.1 Å². The average Bonchev–Trinajstić information content (AvgIpc) is 2.68. The third kappa shape index (κ3) is 5.25. The lowest BCUT2D eigenvalue weighted by Gasteiger charge is -2.14. The molecule has 1 atom stereocenters. The highest BCUT2D eigenvalue weighted by atomic mass is 16.5. The third-order valence-electron chi connectivity index (χ3n) is 4.06. The second-order valence-electron chi connectivity index (χ2n) is 5.99. The summed E-state index contributed by atoms with van der Waals surface area (Å²) < 4.78 is 10.4. The highest BCUT2D eigenvalue weighted by Crippen LogP contribution is 2.25. The molecule has 0 bridgehead atoms. The number of carbonyl (C=O) groups is 1. The Morgan fingerprint density at radius 1 is 1.15 bits per heavy atom. The predicted molar refractivity (Wildman–Crippen MR) is 105 cm³/mol. The Kier molecular flexibility index (Phi) is 6.84. The van der Waals surface area contributed by atoms with E-state index in [1.54, 1.807) is 19.2 Å². The van der Waals surface area contributed by atoms with Gasteiger partial charge in [-0.1, -0.05) is 18.2 Å². The summed E-state index contributed by atoms with van der Waals surface area (Å²) in [4.78, 5) is 12.4. The minimum atomic E-state index is -0.504. The second-order valence-corrected chi connectivity index (χ2v) is 5.99. The van der Waals surface area contributed by atoms with Crippen molar-refractivity contribution in [3.05, 3.63) is 65.4 Å². The van der Waals surface area contributed by atoms with Crippen LogP contribution in [0.25, 0.3) is 0 Å². The zero-order valence-corrected chi connectivity index (χ0v) is 15.9. The summed E-state index contributed by atoms with van der Waals surface area (Å²) in [7, 11) is 3.14. The predicted octanol–water partition coefficient (Wildman–Crippen LogP) is 3.71. The number of hydrogen-bond donors (Lipinski definition) is 2. The highest BCUT2D eigenvalue weighted by molar-refractivity contribution is 6.07. The summed E-state index contributed by atoms with van der Waals surface area (Å²) >= 11 is 0. The number of nitrogens with zero attached hydrogens (tertiary/aromatic N) is 1. The molecule has 0 spiro atoms. The Balaban J connectivity index is 2.09. The summed E-state index contributed by atoms with van der Waals surface area (Å²) in [5.41, 5.74) is 2.47. The van der Waals surface area contributed by atoms with Gasteiger partial charge in [-0.15, -0.1) is 0 Å². The van der Waals surface area contributed by atoms with Crippen molar-refractivity contribution in [3.63, 3.8) is 0 Å². The molecule has 0 aliphatic carbocycles. The molecule has 0 heterocycles. The van der Waals surface area contributed by atoms with Gasteiger partial charge in [0.1, 0.15) is 23.1 Å². The topological polar surface area (TPSA) is 83.4 Å². The van der Waals surface area contributed by atoms with Crippen LogP contribution in [0.3, 0.4) is 0 Å². The quantitative estimate of drug-likeness (QED) is 0.577. The fraction of sp³-hybridized carbons (Fsp3) is 0.238. The van der Waals surface area contributed by atoms with E-state index >= 15 is 0 Å².